The largest absolute Gasteiger partial charge is 0.313 e. The maximum absolute atomic E-state index is 2.61. The van der Waals surface area contributed by atoms with Gasteiger partial charge in [0, 0.05) is 23.2 Å². The second-order valence-corrected chi connectivity index (χ2v) is 12.3. The lowest BCUT2D eigenvalue weighted by Gasteiger charge is -2.33. The highest BCUT2D eigenvalue weighted by atomic mass is 15.2. The van der Waals surface area contributed by atoms with E-state index < -0.39 is 0 Å². The summed E-state index contributed by atoms with van der Waals surface area (Å²) >= 11 is 0. The summed E-state index contributed by atoms with van der Waals surface area (Å²) in [4.78, 5) is 2.61. The summed E-state index contributed by atoms with van der Waals surface area (Å²) in [6.45, 7) is 6.87. The molecular formula is C41H35N. The summed E-state index contributed by atoms with van der Waals surface area (Å²) in [5.74, 6) is 0.572. The van der Waals surface area contributed by atoms with Gasteiger partial charge in [0.05, 0.1) is 5.69 Å². The Balaban J connectivity index is 1.46. The highest BCUT2D eigenvalue weighted by Gasteiger charge is 2.28. The Labute approximate surface area is 248 Å². The van der Waals surface area contributed by atoms with Gasteiger partial charge in [0.15, 0.2) is 0 Å². The van der Waals surface area contributed by atoms with E-state index in [0.717, 1.165) is 19.3 Å². The van der Waals surface area contributed by atoms with Gasteiger partial charge in [-0.2, -0.15) is 0 Å². The van der Waals surface area contributed by atoms with Gasteiger partial charge in [-0.05, 0) is 98.6 Å². The number of rotatable bonds is 4. The zero-order valence-electron chi connectivity index (χ0n) is 24.6. The molecule has 42 heavy (non-hydrogen) atoms. The molecule has 2 aliphatic carbocycles. The average molecular weight is 542 g/mol. The Bertz CT molecular complexity index is 2110. The molecule has 0 bridgehead atoms. The van der Waals surface area contributed by atoms with Crippen molar-refractivity contribution in [2.24, 2.45) is 5.92 Å². The van der Waals surface area contributed by atoms with Gasteiger partial charge in [0.2, 0.25) is 0 Å². The lowest BCUT2D eigenvalue weighted by molar-refractivity contribution is 0.696. The van der Waals surface area contributed by atoms with Gasteiger partial charge in [0.25, 0.3) is 0 Å². The van der Waals surface area contributed by atoms with Crippen molar-refractivity contribution >= 4 is 43.7 Å². The Hall–Kier alpha value is -4.62. The fourth-order valence-corrected chi connectivity index (χ4v) is 7.40. The molecule has 1 heteroatoms. The molecule has 1 nitrogen and oxygen atoms in total. The Morgan fingerprint density at radius 3 is 2.00 bits per heavy atom. The standard InChI is InChI=1S/C41H35N/c1-26(2)28-19-21-30(22-20-28)42(40-18-10-17-34-32-13-5-4-11-29(32)24-39(34)40)41-25-38-33-14-7-6-12-31(33)27(3)23-37(38)35-15-8-9-16-36(35)41/h4-19,21,23,25-26H,20,22,24H2,1-3H3. The second-order valence-electron chi connectivity index (χ2n) is 12.3. The summed E-state index contributed by atoms with van der Waals surface area (Å²) in [7, 11) is 0. The van der Waals surface area contributed by atoms with E-state index in [-0.39, 0.29) is 0 Å². The van der Waals surface area contributed by atoms with Crippen LogP contribution < -0.4 is 4.90 Å². The van der Waals surface area contributed by atoms with Crippen LogP contribution in [0.2, 0.25) is 0 Å². The zero-order chi connectivity index (χ0) is 28.4. The lowest BCUT2D eigenvalue weighted by atomic mass is 9.90. The first kappa shape index (κ1) is 25.1. The van der Waals surface area contributed by atoms with Crippen molar-refractivity contribution in [3.63, 3.8) is 0 Å². The van der Waals surface area contributed by atoms with Crippen LogP contribution >= 0.6 is 0 Å². The van der Waals surface area contributed by atoms with Crippen molar-refractivity contribution in [1.29, 1.82) is 0 Å². The van der Waals surface area contributed by atoms with Gasteiger partial charge in [-0.15, -0.1) is 0 Å². The first-order valence-electron chi connectivity index (χ1n) is 15.3. The molecule has 0 saturated heterocycles. The Morgan fingerprint density at radius 1 is 0.571 bits per heavy atom. The quantitative estimate of drug-likeness (QED) is 0.200. The van der Waals surface area contributed by atoms with Crippen molar-refractivity contribution in [1.82, 2.24) is 0 Å². The number of benzene rings is 6. The van der Waals surface area contributed by atoms with Crippen LogP contribution in [0, 0.1) is 12.8 Å². The summed E-state index contributed by atoms with van der Waals surface area (Å²) in [6.07, 6.45) is 7.87. The maximum Gasteiger partial charge on any atom is 0.0543 e. The van der Waals surface area contributed by atoms with Gasteiger partial charge >= 0.3 is 0 Å². The zero-order valence-corrected chi connectivity index (χ0v) is 24.6. The minimum Gasteiger partial charge on any atom is -0.313 e. The molecule has 0 unspecified atom stereocenters. The molecule has 204 valence electrons. The third-order valence-corrected chi connectivity index (χ3v) is 9.56. The lowest BCUT2D eigenvalue weighted by Crippen LogP contribution is -2.20. The van der Waals surface area contributed by atoms with E-state index in [0.29, 0.717) is 5.92 Å². The predicted molar refractivity (Wildman–Crippen MR) is 181 cm³/mol. The first-order valence-corrected chi connectivity index (χ1v) is 15.3. The van der Waals surface area contributed by atoms with E-state index in [2.05, 4.69) is 141 Å². The summed E-state index contributed by atoms with van der Waals surface area (Å²) in [5, 5.41) is 7.92. The molecule has 0 aliphatic heterocycles. The highest BCUT2D eigenvalue weighted by Crippen LogP contribution is 2.48. The highest BCUT2D eigenvalue weighted by molar-refractivity contribution is 6.22. The van der Waals surface area contributed by atoms with E-state index in [4.69, 9.17) is 0 Å². The second kappa shape index (κ2) is 9.74. The molecular weight excluding hydrogens is 506 g/mol. The van der Waals surface area contributed by atoms with Crippen LogP contribution in [0.15, 0.2) is 127 Å². The van der Waals surface area contributed by atoms with Crippen LogP contribution in [0.1, 0.15) is 43.4 Å². The average Bonchev–Trinajstić information content (AvgIpc) is 3.42. The molecule has 0 atom stereocenters. The monoisotopic (exact) mass is 541 g/mol. The first-order chi connectivity index (χ1) is 20.6. The molecule has 2 aliphatic rings. The van der Waals surface area contributed by atoms with Crippen LogP contribution in [-0.2, 0) is 6.42 Å². The molecule has 0 aromatic heterocycles. The van der Waals surface area contributed by atoms with Gasteiger partial charge in [-0.25, -0.2) is 0 Å². The molecule has 8 rings (SSSR count). The van der Waals surface area contributed by atoms with Crippen molar-refractivity contribution in [3.8, 4) is 11.1 Å². The summed E-state index contributed by atoms with van der Waals surface area (Å²) in [6, 6.07) is 38.6. The van der Waals surface area contributed by atoms with Crippen molar-refractivity contribution in [2.75, 3.05) is 4.90 Å². The Kier molecular flexibility index (Phi) is 5.82. The molecule has 0 spiro atoms. The van der Waals surface area contributed by atoms with Crippen LogP contribution in [0.3, 0.4) is 0 Å². The third kappa shape index (κ3) is 3.84. The van der Waals surface area contributed by atoms with Crippen molar-refractivity contribution in [2.45, 2.75) is 40.0 Å². The number of anilines is 2. The van der Waals surface area contributed by atoms with E-state index in [1.165, 1.54) is 82.8 Å². The number of aryl methyl sites for hydroxylation is 1. The summed E-state index contributed by atoms with van der Waals surface area (Å²) in [5.41, 5.74) is 12.4. The minimum absolute atomic E-state index is 0.572. The number of allylic oxidation sites excluding steroid dienone is 4. The van der Waals surface area contributed by atoms with Crippen LogP contribution in [0.25, 0.3) is 43.4 Å². The van der Waals surface area contributed by atoms with Crippen LogP contribution in [-0.4, -0.2) is 0 Å². The van der Waals surface area contributed by atoms with Crippen LogP contribution in [0.5, 0.6) is 0 Å². The number of hydrogen-bond donors (Lipinski definition) is 0. The van der Waals surface area contributed by atoms with Crippen molar-refractivity contribution < 1.29 is 0 Å². The molecule has 0 N–H and O–H groups in total. The van der Waals surface area contributed by atoms with E-state index >= 15 is 0 Å². The van der Waals surface area contributed by atoms with Crippen molar-refractivity contribution in [3.05, 3.63) is 143 Å². The number of fused-ring (bicyclic) bond motifs is 8. The van der Waals surface area contributed by atoms with Gasteiger partial charge in [-0.3, -0.25) is 0 Å². The molecule has 0 amide bonds. The van der Waals surface area contributed by atoms with E-state index in [1.807, 2.05) is 0 Å². The number of nitrogens with zero attached hydrogens (tertiary/aromatic N) is 1. The molecule has 0 saturated carbocycles. The molecule has 0 fully saturated rings. The fourth-order valence-electron chi connectivity index (χ4n) is 7.40. The van der Waals surface area contributed by atoms with Crippen LogP contribution in [0.4, 0.5) is 11.4 Å². The maximum atomic E-state index is 2.61. The SMILES string of the molecule is Cc1cc2c3ccccc3c(N(C3=CC=C(C(C)C)CC3)c3cccc4c3Cc3ccccc3-4)cc2c2ccccc12. The Morgan fingerprint density at radius 2 is 1.24 bits per heavy atom. The summed E-state index contributed by atoms with van der Waals surface area (Å²) < 4.78 is 0. The molecule has 6 aromatic carbocycles. The van der Waals surface area contributed by atoms with E-state index in [9.17, 15) is 0 Å². The molecule has 6 aromatic rings. The van der Waals surface area contributed by atoms with Gasteiger partial charge < -0.3 is 4.90 Å². The minimum atomic E-state index is 0.572. The smallest absolute Gasteiger partial charge is 0.0543 e. The third-order valence-electron chi connectivity index (χ3n) is 9.56. The van der Waals surface area contributed by atoms with Gasteiger partial charge in [-0.1, -0.05) is 116 Å². The van der Waals surface area contributed by atoms with E-state index in [1.54, 1.807) is 0 Å². The number of hydrogen-bond acceptors (Lipinski definition) is 1. The fraction of sp³-hybridized carbons (Fsp3) is 0.171. The topological polar surface area (TPSA) is 3.24 Å². The normalized spacial score (nSPS) is 14.3. The van der Waals surface area contributed by atoms with Gasteiger partial charge in [0.1, 0.15) is 0 Å². The predicted octanol–water partition coefficient (Wildman–Crippen LogP) is 11.4. The molecule has 0 radical (unpaired) electrons. The molecule has 0 heterocycles.